The summed E-state index contributed by atoms with van der Waals surface area (Å²) in [6.07, 6.45) is 1.88. The Morgan fingerprint density at radius 2 is 2.00 bits per heavy atom. The summed E-state index contributed by atoms with van der Waals surface area (Å²) in [6, 6.07) is 0.661. The summed E-state index contributed by atoms with van der Waals surface area (Å²) < 4.78 is 0. The van der Waals surface area contributed by atoms with Gasteiger partial charge in [-0.3, -0.25) is 4.79 Å². The number of nitrogens with one attached hydrogen (secondary N) is 1. The Balaban J connectivity index is 2.35. The van der Waals surface area contributed by atoms with Gasteiger partial charge < -0.3 is 16.8 Å². The third-order valence-corrected chi connectivity index (χ3v) is 2.36. The van der Waals surface area contributed by atoms with E-state index in [9.17, 15) is 4.79 Å². The molecule has 1 fully saturated rings. The lowest BCUT2D eigenvalue weighted by atomic mass is 9.85. The van der Waals surface area contributed by atoms with Crippen LogP contribution in [-0.2, 0) is 4.79 Å². The maximum absolute atomic E-state index is 10.9. The lowest BCUT2D eigenvalue weighted by Crippen LogP contribution is -2.60. The van der Waals surface area contributed by atoms with Crippen LogP contribution in [0, 0.1) is 0 Å². The first-order valence-corrected chi connectivity index (χ1v) is 4.25. The van der Waals surface area contributed by atoms with Gasteiger partial charge in [-0.2, -0.15) is 0 Å². The van der Waals surface area contributed by atoms with Crippen molar-refractivity contribution >= 4 is 5.91 Å². The summed E-state index contributed by atoms with van der Waals surface area (Å²) in [6.45, 7) is 3.58. The molecular formula is C8H17N3O. The molecule has 0 heterocycles. The van der Waals surface area contributed by atoms with Crippen LogP contribution in [0.1, 0.15) is 26.7 Å². The predicted molar refractivity (Wildman–Crippen MR) is 47.4 cm³/mol. The Bertz CT molecular complexity index is 185. The molecule has 0 spiro atoms. The van der Waals surface area contributed by atoms with Gasteiger partial charge in [0.25, 0.3) is 0 Å². The maximum Gasteiger partial charge on any atom is 0.237 e. The fourth-order valence-corrected chi connectivity index (χ4v) is 1.36. The molecule has 1 aliphatic rings. The van der Waals surface area contributed by atoms with E-state index < -0.39 is 5.54 Å². The Kier molecular flexibility index (Phi) is 2.39. The van der Waals surface area contributed by atoms with Crippen molar-refractivity contribution in [1.82, 2.24) is 5.32 Å². The summed E-state index contributed by atoms with van der Waals surface area (Å²) in [7, 11) is 0. The number of amides is 1. The van der Waals surface area contributed by atoms with Gasteiger partial charge in [0.2, 0.25) is 5.91 Å². The molecule has 0 unspecified atom stereocenters. The van der Waals surface area contributed by atoms with Gasteiger partial charge in [0.05, 0.1) is 5.54 Å². The van der Waals surface area contributed by atoms with Crippen molar-refractivity contribution in [3.05, 3.63) is 0 Å². The summed E-state index contributed by atoms with van der Waals surface area (Å²) in [5.74, 6) is -0.317. The molecular weight excluding hydrogens is 154 g/mol. The molecule has 5 N–H and O–H groups in total. The Labute approximate surface area is 72.7 Å². The van der Waals surface area contributed by atoms with Gasteiger partial charge in [0.15, 0.2) is 0 Å². The second kappa shape index (κ2) is 3.03. The SMILES string of the molecule is CC(C)(NC1CC(N)C1)C(N)=O. The average molecular weight is 171 g/mol. The van der Waals surface area contributed by atoms with E-state index in [2.05, 4.69) is 5.32 Å². The van der Waals surface area contributed by atoms with Gasteiger partial charge in [-0.1, -0.05) is 0 Å². The molecule has 0 aromatic heterocycles. The molecule has 0 aliphatic heterocycles. The van der Waals surface area contributed by atoms with Gasteiger partial charge >= 0.3 is 0 Å². The highest BCUT2D eigenvalue weighted by Gasteiger charge is 2.33. The highest BCUT2D eigenvalue weighted by Crippen LogP contribution is 2.20. The third-order valence-electron chi connectivity index (χ3n) is 2.36. The van der Waals surface area contributed by atoms with Crippen LogP contribution in [0.15, 0.2) is 0 Å². The second-order valence-corrected chi connectivity index (χ2v) is 4.06. The number of carbonyl (C=O) groups is 1. The summed E-state index contributed by atoms with van der Waals surface area (Å²) in [4.78, 5) is 10.9. The number of primary amides is 1. The zero-order valence-corrected chi connectivity index (χ0v) is 7.63. The molecule has 12 heavy (non-hydrogen) atoms. The molecule has 0 bridgehead atoms. The molecule has 4 heteroatoms. The molecule has 0 radical (unpaired) electrons. The molecule has 0 aromatic carbocycles. The van der Waals surface area contributed by atoms with Gasteiger partial charge in [0, 0.05) is 12.1 Å². The molecule has 0 aromatic rings. The van der Waals surface area contributed by atoms with E-state index in [0.717, 1.165) is 12.8 Å². The van der Waals surface area contributed by atoms with Crippen molar-refractivity contribution in [2.45, 2.75) is 44.3 Å². The third kappa shape index (κ3) is 1.95. The molecule has 1 amide bonds. The Morgan fingerprint density at radius 1 is 1.50 bits per heavy atom. The molecule has 70 valence electrons. The molecule has 1 rings (SSSR count). The van der Waals surface area contributed by atoms with E-state index in [-0.39, 0.29) is 5.91 Å². The molecule has 1 saturated carbocycles. The zero-order chi connectivity index (χ0) is 9.35. The lowest BCUT2D eigenvalue weighted by Gasteiger charge is -2.38. The standard InChI is InChI=1S/C8H17N3O/c1-8(2,7(10)12)11-6-3-5(9)4-6/h5-6,11H,3-4,9H2,1-2H3,(H2,10,12). The van der Waals surface area contributed by atoms with Crippen LogP contribution < -0.4 is 16.8 Å². The first-order valence-electron chi connectivity index (χ1n) is 4.25. The van der Waals surface area contributed by atoms with Gasteiger partial charge in [-0.25, -0.2) is 0 Å². The normalized spacial score (nSPS) is 29.6. The first-order chi connectivity index (χ1) is 5.42. The summed E-state index contributed by atoms with van der Waals surface area (Å²) >= 11 is 0. The van der Waals surface area contributed by atoms with Crippen LogP contribution in [0.5, 0.6) is 0 Å². The fourth-order valence-electron chi connectivity index (χ4n) is 1.36. The van der Waals surface area contributed by atoms with Crippen LogP contribution in [-0.4, -0.2) is 23.5 Å². The van der Waals surface area contributed by atoms with E-state index in [0.29, 0.717) is 12.1 Å². The minimum Gasteiger partial charge on any atom is -0.368 e. The van der Waals surface area contributed by atoms with Crippen molar-refractivity contribution < 1.29 is 4.79 Å². The van der Waals surface area contributed by atoms with E-state index >= 15 is 0 Å². The summed E-state index contributed by atoms with van der Waals surface area (Å²) in [5.41, 5.74) is 10.2. The quantitative estimate of drug-likeness (QED) is 0.526. The highest BCUT2D eigenvalue weighted by atomic mass is 16.1. The van der Waals surface area contributed by atoms with Crippen LogP contribution in [0.25, 0.3) is 0 Å². The van der Waals surface area contributed by atoms with Crippen LogP contribution in [0.4, 0.5) is 0 Å². The van der Waals surface area contributed by atoms with Gasteiger partial charge in [0.1, 0.15) is 0 Å². The number of hydrogen-bond donors (Lipinski definition) is 3. The Hall–Kier alpha value is -0.610. The van der Waals surface area contributed by atoms with Crippen LogP contribution >= 0.6 is 0 Å². The number of hydrogen-bond acceptors (Lipinski definition) is 3. The minimum absolute atomic E-state index is 0.297. The van der Waals surface area contributed by atoms with E-state index in [4.69, 9.17) is 11.5 Å². The number of rotatable bonds is 3. The smallest absolute Gasteiger partial charge is 0.237 e. The number of carbonyl (C=O) groups excluding carboxylic acids is 1. The Morgan fingerprint density at radius 3 is 2.33 bits per heavy atom. The van der Waals surface area contributed by atoms with Gasteiger partial charge in [-0.15, -0.1) is 0 Å². The van der Waals surface area contributed by atoms with Crippen molar-refractivity contribution in [3.63, 3.8) is 0 Å². The zero-order valence-electron chi connectivity index (χ0n) is 7.63. The van der Waals surface area contributed by atoms with Crippen LogP contribution in [0.2, 0.25) is 0 Å². The molecule has 0 atom stereocenters. The fraction of sp³-hybridized carbons (Fsp3) is 0.875. The average Bonchev–Trinajstić information content (AvgIpc) is 1.83. The monoisotopic (exact) mass is 171 g/mol. The van der Waals surface area contributed by atoms with Crippen LogP contribution in [0.3, 0.4) is 0 Å². The second-order valence-electron chi connectivity index (χ2n) is 4.06. The van der Waals surface area contributed by atoms with Crippen molar-refractivity contribution in [1.29, 1.82) is 0 Å². The van der Waals surface area contributed by atoms with Crippen molar-refractivity contribution in [3.8, 4) is 0 Å². The highest BCUT2D eigenvalue weighted by molar-refractivity contribution is 5.83. The number of nitrogens with two attached hydrogens (primary N) is 2. The lowest BCUT2D eigenvalue weighted by molar-refractivity contribution is -0.123. The minimum atomic E-state index is -0.606. The molecule has 0 saturated heterocycles. The van der Waals surface area contributed by atoms with Crippen molar-refractivity contribution in [2.75, 3.05) is 0 Å². The maximum atomic E-state index is 10.9. The van der Waals surface area contributed by atoms with Crippen molar-refractivity contribution in [2.24, 2.45) is 11.5 Å². The van der Waals surface area contributed by atoms with E-state index in [1.165, 1.54) is 0 Å². The largest absolute Gasteiger partial charge is 0.368 e. The first kappa shape index (κ1) is 9.48. The molecule has 1 aliphatic carbocycles. The topological polar surface area (TPSA) is 81.1 Å². The van der Waals surface area contributed by atoms with Gasteiger partial charge in [-0.05, 0) is 26.7 Å². The van der Waals surface area contributed by atoms with E-state index in [1.54, 1.807) is 13.8 Å². The molecule has 4 nitrogen and oxygen atoms in total. The summed E-state index contributed by atoms with van der Waals surface area (Å²) in [5, 5.41) is 3.17. The predicted octanol–water partition coefficient (Wildman–Crippen LogP) is -0.670. The van der Waals surface area contributed by atoms with E-state index in [1.807, 2.05) is 0 Å².